The molecule has 0 amide bonds. The second-order valence-electron chi connectivity index (χ2n) is 23.4. The van der Waals surface area contributed by atoms with Gasteiger partial charge in [-0.2, -0.15) is 10.5 Å². The topological polar surface area (TPSA) is 243 Å². The lowest BCUT2D eigenvalue weighted by atomic mass is 9.37. The molecule has 19 atom stereocenters. The maximum absolute atomic E-state index is 13.7. The lowest BCUT2D eigenvalue weighted by Crippen LogP contribution is -2.68. The molecule has 15 heteroatoms. The molecule has 13 rings (SSSR count). The van der Waals surface area contributed by atoms with E-state index in [1.54, 1.807) is 0 Å². The summed E-state index contributed by atoms with van der Waals surface area (Å²) in [6.07, 6.45) is 10.4. The number of hydrogen-bond donors (Lipinski definition) is 2. The van der Waals surface area contributed by atoms with Crippen molar-refractivity contribution >= 4 is 35.3 Å². The average Bonchev–Trinajstić information content (AvgIpc) is 3.92. The number of methoxy groups -OCH3 is 1. The van der Waals surface area contributed by atoms with Crippen molar-refractivity contribution in [3.05, 3.63) is 0 Å². The van der Waals surface area contributed by atoms with Gasteiger partial charge >= 0.3 is 17.9 Å². The summed E-state index contributed by atoms with van der Waals surface area (Å²) in [5.74, 6) is -1.77. The normalized spacial score (nSPS) is 55.1. The van der Waals surface area contributed by atoms with Gasteiger partial charge in [0.05, 0.1) is 54.1 Å². The number of hydrogen-bond acceptors (Lipinski definition) is 15. The number of esters is 3. The van der Waals surface area contributed by atoms with Crippen molar-refractivity contribution in [3.8, 4) is 12.1 Å². The molecule has 358 valence electrons. The molecule has 2 bridgehead atoms. The highest BCUT2D eigenvalue weighted by Gasteiger charge is 2.91. The molecule has 2 N–H and O–H groups in total. The van der Waals surface area contributed by atoms with Gasteiger partial charge in [-0.1, -0.05) is 27.7 Å². The fraction of sp³-hybridized carbons (Fsp3) is 0.843. The van der Waals surface area contributed by atoms with Crippen LogP contribution in [0.25, 0.3) is 0 Å². The molecule has 0 aromatic carbocycles. The van der Waals surface area contributed by atoms with E-state index in [1.165, 1.54) is 7.11 Å². The molecule has 0 aromatic heterocycles. The number of epoxide rings is 2. The van der Waals surface area contributed by atoms with E-state index in [-0.39, 0.29) is 94.3 Å². The van der Waals surface area contributed by atoms with E-state index in [9.17, 15) is 39.3 Å². The first-order valence-corrected chi connectivity index (χ1v) is 24.5. The first-order chi connectivity index (χ1) is 31.3. The van der Waals surface area contributed by atoms with Gasteiger partial charge < -0.3 is 33.9 Å². The zero-order valence-electron chi connectivity index (χ0n) is 39.5. The van der Waals surface area contributed by atoms with Crippen LogP contribution in [-0.4, -0.2) is 101 Å². The van der Waals surface area contributed by atoms with Crippen molar-refractivity contribution in [2.24, 2.45) is 73.9 Å². The van der Waals surface area contributed by atoms with E-state index in [1.807, 2.05) is 0 Å². The summed E-state index contributed by atoms with van der Waals surface area (Å²) in [6.45, 7) is 8.74. The highest BCUT2D eigenvalue weighted by atomic mass is 16.6. The van der Waals surface area contributed by atoms with Crippen molar-refractivity contribution in [3.63, 3.8) is 0 Å². The Labute approximate surface area is 386 Å². The number of carbonyl (C=O) groups excluding carboxylic acids is 6. The Kier molecular flexibility index (Phi) is 9.87. The molecule has 9 saturated carbocycles. The summed E-state index contributed by atoms with van der Waals surface area (Å²) in [7, 11) is 3.40. The average molecular weight is 915 g/mol. The smallest absolute Gasteiger partial charge is 0.309 e. The molecule has 9 aliphatic carbocycles. The second kappa shape index (κ2) is 14.2. The molecular weight excluding hydrogens is 849 g/mol. The zero-order chi connectivity index (χ0) is 47.6. The van der Waals surface area contributed by atoms with E-state index in [0.717, 1.165) is 65.6 Å². The lowest BCUT2D eigenvalue weighted by molar-refractivity contribution is -0.193. The largest absolute Gasteiger partial charge is 0.469 e. The van der Waals surface area contributed by atoms with Gasteiger partial charge in [-0.3, -0.25) is 28.8 Å². The maximum atomic E-state index is 13.7. The van der Waals surface area contributed by atoms with Gasteiger partial charge in [0, 0.05) is 85.7 Å². The number of nitriles is 2. The van der Waals surface area contributed by atoms with Crippen LogP contribution in [0.5, 0.6) is 0 Å². The fourth-order valence-electron chi connectivity index (χ4n) is 19.5. The summed E-state index contributed by atoms with van der Waals surface area (Å²) in [5, 5.41) is 34.8. The molecule has 66 heavy (non-hydrogen) atoms. The van der Waals surface area contributed by atoms with Gasteiger partial charge in [0.2, 0.25) is 0 Å². The van der Waals surface area contributed by atoms with E-state index in [4.69, 9.17) is 33.9 Å². The van der Waals surface area contributed by atoms with Crippen LogP contribution in [0.4, 0.5) is 0 Å². The summed E-state index contributed by atoms with van der Waals surface area (Å²) in [5.41, 5.74) is -5.29. The van der Waals surface area contributed by atoms with Crippen LogP contribution in [0.3, 0.4) is 0 Å². The quantitative estimate of drug-likeness (QED) is 0.151. The van der Waals surface area contributed by atoms with Crippen LogP contribution in [0.2, 0.25) is 0 Å². The van der Waals surface area contributed by atoms with Gasteiger partial charge in [0.25, 0.3) is 0 Å². The van der Waals surface area contributed by atoms with Gasteiger partial charge in [0.15, 0.2) is 0 Å². The lowest BCUT2D eigenvalue weighted by Gasteiger charge is -2.63. The van der Waals surface area contributed by atoms with Crippen LogP contribution >= 0.6 is 0 Å². The third-order valence-corrected chi connectivity index (χ3v) is 22.5. The number of carbonyl (C=O) groups is 6. The number of Topliss-reactive ketones (excluding diaryl/α,β-unsaturated/α-hetero) is 3. The number of ether oxygens (including phenoxy) is 5. The predicted octanol–water partition coefficient (Wildman–Crippen LogP) is 5.05. The Morgan fingerprint density at radius 2 is 1.20 bits per heavy atom. The third kappa shape index (κ3) is 4.83. The third-order valence-electron chi connectivity index (χ3n) is 22.5. The monoisotopic (exact) mass is 914 g/mol. The van der Waals surface area contributed by atoms with Crippen molar-refractivity contribution < 1.29 is 62.7 Å². The molecule has 15 unspecified atom stereocenters. The summed E-state index contributed by atoms with van der Waals surface area (Å²) >= 11 is 0. The van der Waals surface area contributed by atoms with Crippen molar-refractivity contribution in [1.29, 1.82) is 10.5 Å². The Morgan fingerprint density at radius 3 is 1.70 bits per heavy atom. The molecule has 13 aliphatic rings. The Balaban J connectivity index is 0.000000145. The molecule has 13 fully saturated rings. The summed E-state index contributed by atoms with van der Waals surface area (Å²) < 4.78 is 30.6. The Hall–Kier alpha value is -3.76. The number of aliphatic hydroxyl groups excluding tert-OH is 2. The predicted molar refractivity (Wildman–Crippen MR) is 228 cm³/mol. The highest BCUT2D eigenvalue weighted by Crippen LogP contribution is 2.84. The Morgan fingerprint density at radius 1 is 0.667 bits per heavy atom. The van der Waals surface area contributed by atoms with Gasteiger partial charge in [-0.15, -0.1) is 0 Å². The van der Waals surface area contributed by atoms with Crippen molar-refractivity contribution in [2.75, 3.05) is 21.3 Å². The van der Waals surface area contributed by atoms with Crippen LogP contribution in [-0.2, 0) is 52.5 Å². The van der Waals surface area contributed by atoms with E-state index in [2.05, 4.69) is 39.8 Å². The van der Waals surface area contributed by atoms with Gasteiger partial charge in [0.1, 0.15) is 39.8 Å². The molecule has 0 radical (unpaired) electrons. The number of aliphatic hydroxyl groups is 2. The van der Waals surface area contributed by atoms with Gasteiger partial charge in [-0.25, -0.2) is 0 Å². The van der Waals surface area contributed by atoms with Gasteiger partial charge in [-0.05, 0) is 88.9 Å². The standard InChI is InChI=1S/C25H31NO6.C24H27NO5.2CH4O/c1-21-12-17-25(31-17)19(16(21)5-8-24(21)9-6-18(28)32-24)15(20(29)30-3)11-23(13-26)10-14(27)4-7-22(23,25)2;1-20-10-15-24(29-15)17(13(20)3-7-23(20)8-5-16(27)30-23)12-9-22(11-25)18(19(12)28)14(26)4-6-21(22,24)2;2*1-2/h15-17,19H,4-12H2,1-3H3;12-13,15,17-18H,3-10H2,1-2H3;2*2H,1H3/t15?,16?,17?,19?,21-,22-,23?,24?,25?;12?,13?,15?,17?,18?,20-,21-,22?,23?,24?;;/m00../s1. The summed E-state index contributed by atoms with van der Waals surface area (Å²) in [6, 6.07) is 5.06. The zero-order valence-corrected chi connectivity index (χ0v) is 39.5. The Bertz CT molecular complexity index is 2310. The molecule has 4 aliphatic heterocycles. The summed E-state index contributed by atoms with van der Waals surface area (Å²) in [4.78, 5) is 76.6. The minimum absolute atomic E-state index is 0.00258. The number of rotatable bonds is 1. The molecule has 0 aromatic rings. The molecule has 15 nitrogen and oxygen atoms in total. The molecular formula is C51H66N2O13. The number of nitrogens with zero attached hydrogens (tertiary/aromatic N) is 2. The van der Waals surface area contributed by atoms with E-state index >= 15 is 0 Å². The minimum atomic E-state index is -0.920. The van der Waals surface area contributed by atoms with Crippen LogP contribution in [0, 0.1) is 96.6 Å². The molecule has 4 saturated heterocycles. The van der Waals surface area contributed by atoms with Crippen LogP contribution in [0.15, 0.2) is 0 Å². The first-order valence-electron chi connectivity index (χ1n) is 24.5. The first kappa shape index (κ1) is 46.0. The molecule has 4 heterocycles. The number of fused-ring (bicyclic) bond motifs is 9. The van der Waals surface area contributed by atoms with E-state index < -0.39 is 55.9 Å². The second-order valence-corrected chi connectivity index (χ2v) is 23.4. The fourth-order valence-corrected chi connectivity index (χ4v) is 19.5. The minimum Gasteiger partial charge on any atom is -0.469 e. The van der Waals surface area contributed by atoms with Crippen LogP contribution in [0.1, 0.15) is 137 Å². The van der Waals surface area contributed by atoms with Crippen molar-refractivity contribution in [1.82, 2.24) is 0 Å². The van der Waals surface area contributed by atoms with Crippen molar-refractivity contribution in [2.45, 2.75) is 171 Å². The maximum Gasteiger partial charge on any atom is 0.309 e. The molecule has 4 spiro atoms. The SMILES string of the molecule is CO.CO.COC(=O)C1CC2(C#N)CC(=O)CC[C@]2(C)C23OC2C[C@@]2(C)C(CCC24CCC(=O)O4)C13.C[C@]12CCC(=O)C3C(=O)C(CC31C#N)C1C3CCC4(CCC(=O)O4)[C@@]3(C)CC3OC312. The number of ketones is 3. The van der Waals surface area contributed by atoms with E-state index in [0.29, 0.717) is 51.4 Å². The highest BCUT2D eigenvalue weighted by molar-refractivity contribution is 6.08. The van der Waals surface area contributed by atoms with Crippen LogP contribution < -0.4 is 0 Å².